The summed E-state index contributed by atoms with van der Waals surface area (Å²) in [5.74, 6) is 0.585. The van der Waals surface area contributed by atoms with Crippen molar-refractivity contribution in [2.75, 3.05) is 6.61 Å². The number of rotatable bonds is 2. The van der Waals surface area contributed by atoms with Gasteiger partial charge in [-0.05, 0) is 24.5 Å². The number of fused-ring (bicyclic) bond motifs is 1. The zero-order valence-corrected chi connectivity index (χ0v) is 12.8. The Morgan fingerprint density at radius 2 is 2.13 bits per heavy atom. The first-order valence-corrected chi connectivity index (χ1v) is 8.24. The summed E-state index contributed by atoms with van der Waals surface area (Å²) in [7, 11) is 0. The molecule has 3 saturated carbocycles. The summed E-state index contributed by atoms with van der Waals surface area (Å²) in [6.07, 6.45) is 3.53. The van der Waals surface area contributed by atoms with E-state index in [1.165, 1.54) is 0 Å². The fourth-order valence-corrected chi connectivity index (χ4v) is 5.40. The van der Waals surface area contributed by atoms with Crippen LogP contribution in [0.25, 0.3) is 0 Å². The highest BCUT2D eigenvalue weighted by molar-refractivity contribution is 6.10. The van der Waals surface area contributed by atoms with Gasteiger partial charge < -0.3 is 9.47 Å². The van der Waals surface area contributed by atoms with Crippen molar-refractivity contribution in [1.82, 2.24) is 0 Å². The Bertz CT molecular complexity index is 753. The maximum absolute atomic E-state index is 13.4. The van der Waals surface area contributed by atoms with E-state index in [0.29, 0.717) is 43.1 Å². The summed E-state index contributed by atoms with van der Waals surface area (Å²) in [6.45, 7) is 4.38. The van der Waals surface area contributed by atoms with Gasteiger partial charge in [0.25, 0.3) is 0 Å². The lowest BCUT2D eigenvalue weighted by Gasteiger charge is -2.57. The zero-order chi connectivity index (χ0) is 15.8. The molecule has 4 heteroatoms. The number of hydrogen-bond donors (Lipinski definition) is 0. The molecule has 5 unspecified atom stereocenters. The molecule has 0 aromatic heterocycles. The molecule has 4 nitrogen and oxygen atoms in total. The molecule has 1 aromatic rings. The number of benzene rings is 1. The molecule has 0 amide bonds. The van der Waals surface area contributed by atoms with Gasteiger partial charge in [-0.2, -0.15) is 0 Å². The molecule has 0 N–H and O–H groups in total. The third-order valence-electron chi connectivity index (χ3n) is 6.32. The number of para-hydroxylation sites is 1. The van der Waals surface area contributed by atoms with Crippen molar-refractivity contribution in [1.29, 1.82) is 0 Å². The second kappa shape index (κ2) is 4.12. The van der Waals surface area contributed by atoms with Gasteiger partial charge in [0.1, 0.15) is 11.4 Å². The van der Waals surface area contributed by atoms with Gasteiger partial charge in [-0.25, -0.2) is 0 Å². The lowest BCUT2D eigenvalue weighted by Crippen LogP contribution is -2.72. The molecule has 5 atom stereocenters. The molecule has 6 rings (SSSR count). The van der Waals surface area contributed by atoms with Crippen LogP contribution in [0.1, 0.15) is 29.6 Å². The normalized spacial score (nSPS) is 42.9. The van der Waals surface area contributed by atoms with Crippen molar-refractivity contribution >= 4 is 11.6 Å². The monoisotopic (exact) mass is 310 g/mol. The molecule has 1 aromatic carbocycles. The molecule has 4 bridgehead atoms. The van der Waals surface area contributed by atoms with Crippen molar-refractivity contribution in [2.24, 2.45) is 17.8 Å². The molecule has 118 valence electrons. The summed E-state index contributed by atoms with van der Waals surface area (Å²) in [5, 5.41) is 0. The number of Topliss-reactive ketones (excluding diaryl/α,β-unsaturated/α-hetero) is 2. The van der Waals surface area contributed by atoms with Gasteiger partial charge in [-0.3, -0.25) is 9.59 Å². The minimum atomic E-state index is -1.04. The summed E-state index contributed by atoms with van der Waals surface area (Å²) in [6, 6.07) is 7.26. The highest BCUT2D eigenvalue weighted by Crippen LogP contribution is 2.62. The summed E-state index contributed by atoms with van der Waals surface area (Å²) in [4.78, 5) is 26.4. The predicted molar refractivity (Wildman–Crippen MR) is 82.3 cm³/mol. The Morgan fingerprint density at radius 3 is 2.96 bits per heavy atom. The number of hydrogen-bond acceptors (Lipinski definition) is 4. The van der Waals surface area contributed by atoms with E-state index in [0.717, 1.165) is 0 Å². The first-order chi connectivity index (χ1) is 11.1. The SMILES string of the molecule is C=CCC12OCC3CC4(Oc5ccccc5C(=O)C4CC31)C2=O. The first kappa shape index (κ1) is 13.5. The van der Waals surface area contributed by atoms with Gasteiger partial charge in [0.2, 0.25) is 5.78 Å². The molecule has 5 aliphatic rings. The number of carbonyl (C=O) groups excluding carboxylic acids is 2. The van der Waals surface area contributed by atoms with Crippen LogP contribution in [0.15, 0.2) is 36.9 Å². The molecule has 2 aliphatic heterocycles. The maximum Gasteiger partial charge on any atom is 0.209 e. The summed E-state index contributed by atoms with van der Waals surface area (Å²) < 4.78 is 12.3. The molecule has 23 heavy (non-hydrogen) atoms. The summed E-state index contributed by atoms with van der Waals surface area (Å²) >= 11 is 0. The van der Waals surface area contributed by atoms with Crippen molar-refractivity contribution < 1.29 is 19.1 Å². The molecule has 1 spiro atoms. The van der Waals surface area contributed by atoms with Crippen molar-refractivity contribution in [3.8, 4) is 5.75 Å². The minimum absolute atomic E-state index is 0.0391. The van der Waals surface area contributed by atoms with Crippen LogP contribution in [-0.4, -0.2) is 29.4 Å². The molecular formula is C19H18O4. The smallest absolute Gasteiger partial charge is 0.209 e. The van der Waals surface area contributed by atoms with E-state index in [2.05, 4.69) is 6.58 Å². The van der Waals surface area contributed by atoms with E-state index in [-0.39, 0.29) is 23.4 Å². The minimum Gasteiger partial charge on any atom is -0.478 e. The quantitative estimate of drug-likeness (QED) is 0.788. The van der Waals surface area contributed by atoms with Crippen LogP contribution >= 0.6 is 0 Å². The lowest BCUT2D eigenvalue weighted by molar-refractivity contribution is -0.182. The third-order valence-corrected chi connectivity index (χ3v) is 6.32. The van der Waals surface area contributed by atoms with E-state index in [9.17, 15) is 9.59 Å². The molecular weight excluding hydrogens is 292 g/mol. The molecule has 4 fully saturated rings. The zero-order valence-electron chi connectivity index (χ0n) is 12.8. The fraction of sp³-hybridized carbons (Fsp3) is 0.474. The van der Waals surface area contributed by atoms with Crippen LogP contribution in [0.2, 0.25) is 0 Å². The molecule has 0 radical (unpaired) electrons. The maximum atomic E-state index is 13.4. The lowest BCUT2D eigenvalue weighted by atomic mass is 9.49. The highest BCUT2D eigenvalue weighted by Gasteiger charge is 2.75. The van der Waals surface area contributed by atoms with Crippen LogP contribution in [0.5, 0.6) is 5.75 Å². The third kappa shape index (κ3) is 1.37. The van der Waals surface area contributed by atoms with Crippen LogP contribution in [0.4, 0.5) is 0 Å². The van der Waals surface area contributed by atoms with Crippen molar-refractivity contribution in [3.63, 3.8) is 0 Å². The van der Waals surface area contributed by atoms with Crippen LogP contribution in [-0.2, 0) is 9.53 Å². The molecule has 2 heterocycles. The fourth-order valence-electron chi connectivity index (χ4n) is 5.40. The average molecular weight is 310 g/mol. The van der Waals surface area contributed by atoms with E-state index in [1.807, 2.05) is 12.1 Å². The van der Waals surface area contributed by atoms with Gasteiger partial charge >= 0.3 is 0 Å². The van der Waals surface area contributed by atoms with Crippen LogP contribution < -0.4 is 4.74 Å². The Balaban J connectivity index is 1.70. The second-order valence-corrected chi connectivity index (χ2v) is 7.23. The standard InChI is InChI=1S/C19H18O4/c1-2-7-18-13-8-14-16(20)12-5-3-4-6-15(12)23-19(14,17(18)21)9-11(13)10-22-18/h2-6,11,13-14H,1,7-10H2. The largest absolute Gasteiger partial charge is 0.478 e. The molecule has 1 saturated heterocycles. The Morgan fingerprint density at radius 1 is 1.30 bits per heavy atom. The van der Waals surface area contributed by atoms with Gasteiger partial charge in [-0.1, -0.05) is 18.2 Å². The number of ketones is 2. The highest BCUT2D eigenvalue weighted by atomic mass is 16.5. The number of ether oxygens (including phenoxy) is 2. The summed E-state index contributed by atoms with van der Waals surface area (Å²) in [5.41, 5.74) is -1.26. The second-order valence-electron chi connectivity index (χ2n) is 7.23. The van der Waals surface area contributed by atoms with Crippen molar-refractivity contribution in [3.05, 3.63) is 42.5 Å². The van der Waals surface area contributed by atoms with Crippen LogP contribution in [0, 0.1) is 17.8 Å². The van der Waals surface area contributed by atoms with Gasteiger partial charge in [0.05, 0.1) is 18.1 Å². The van der Waals surface area contributed by atoms with E-state index >= 15 is 0 Å². The van der Waals surface area contributed by atoms with Gasteiger partial charge in [0, 0.05) is 18.8 Å². The predicted octanol–water partition coefficient (Wildman–Crippen LogP) is 2.57. The van der Waals surface area contributed by atoms with Crippen molar-refractivity contribution in [2.45, 2.75) is 30.5 Å². The Hall–Kier alpha value is -1.94. The first-order valence-electron chi connectivity index (χ1n) is 8.24. The van der Waals surface area contributed by atoms with Gasteiger partial charge in [-0.15, -0.1) is 6.58 Å². The van der Waals surface area contributed by atoms with Gasteiger partial charge in [0.15, 0.2) is 11.4 Å². The topological polar surface area (TPSA) is 52.6 Å². The average Bonchev–Trinajstić information content (AvgIpc) is 2.87. The number of carbonyl (C=O) groups is 2. The Labute approximate surface area is 134 Å². The van der Waals surface area contributed by atoms with E-state index in [4.69, 9.17) is 9.47 Å². The van der Waals surface area contributed by atoms with E-state index in [1.54, 1.807) is 18.2 Å². The molecule has 3 aliphatic carbocycles. The Kier molecular flexibility index (Phi) is 2.42. The van der Waals surface area contributed by atoms with E-state index < -0.39 is 11.2 Å². The van der Waals surface area contributed by atoms with Crippen LogP contribution in [0.3, 0.4) is 0 Å².